The van der Waals surface area contributed by atoms with Gasteiger partial charge < -0.3 is 5.32 Å². The zero-order valence-corrected chi connectivity index (χ0v) is 11.6. The molecule has 1 aromatic heterocycles. The molecule has 0 spiro atoms. The minimum atomic E-state index is 0.0735. The highest BCUT2D eigenvalue weighted by Crippen LogP contribution is 2.12. The van der Waals surface area contributed by atoms with Crippen LogP contribution in [0.3, 0.4) is 0 Å². The molecule has 4 nitrogen and oxygen atoms in total. The largest absolute Gasteiger partial charge is 0.306 e. The maximum absolute atomic E-state index is 5.85. The second kappa shape index (κ2) is 5.08. The van der Waals surface area contributed by atoms with Crippen molar-refractivity contribution in [3.05, 3.63) is 41.2 Å². The molecule has 0 fully saturated rings. The first-order chi connectivity index (χ1) is 8.44. The molecule has 0 aliphatic heterocycles. The molecule has 0 atom stereocenters. The van der Waals surface area contributed by atoms with E-state index < -0.39 is 0 Å². The third-order valence-corrected chi connectivity index (χ3v) is 2.68. The SMILES string of the molecule is CC(C)(C)NCc1cn(-c2ccc(Cl)cc2)nn1. The summed E-state index contributed by atoms with van der Waals surface area (Å²) in [6.45, 7) is 7.07. The van der Waals surface area contributed by atoms with Crippen LogP contribution in [0.2, 0.25) is 5.02 Å². The van der Waals surface area contributed by atoms with Gasteiger partial charge in [0.15, 0.2) is 0 Å². The molecule has 0 amide bonds. The number of benzene rings is 1. The van der Waals surface area contributed by atoms with E-state index in [9.17, 15) is 0 Å². The summed E-state index contributed by atoms with van der Waals surface area (Å²) in [6, 6.07) is 7.51. The maximum atomic E-state index is 5.85. The van der Waals surface area contributed by atoms with Gasteiger partial charge in [0.05, 0.1) is 17.6 Å². The fourth-order valence-corrected chi connectivity index (χ4v) is 1.58. The molecule has 1 heterocycles. The number of hydrogen-bond acceptors (Lipinski definition) is 3. The van der Waals surface area contributed by atoms with Gasteiger partial charge in [0, 0.05) is 17.1 Å². The van der Waals surface area contributed by atoms with Crippen LogP contribution in [0.5, 0.6) is 0 Å². The smallest absolute Gasteiger partial charge is 0.0969 e. The molecule has 2 rings (SSSR count). The van der Waals surface area contributed by atoms with Gasteiger partial charge in [-0.1, -0.05) is 16.8 Å². The van der Waals surface area contributed by atoms with Crippen molar-refractivity contribution in [2.24, 2.45) is 0 Å². The molecule has 0 radical (unpaired) electrons. The van der Waals surface area contributed by atoms with Crippen molar-refractivity contribution in [1.29, 1.82) is 0 Å². The van der Waals surface area contributed by atoms with Gasteiger partial charge in [-0.25, -0.2) is 4.68 Å². The Hall–Kier alpha value is -1.39. The van der Waals surface area contributed by atoms with Gasteiger partial charge in [0.1, 0.15) is 0 Å². The standard InChI is InChI=1S/C13H17ClN4/c1-13(2,3)15-8-11-9-18(17-16-11)12-6-4-10(14)5-7-12/h4-7,9,15H,8H2,1-3H3. The van der Waals surface area contributed by atoms with Crippen LogP contribution in [0.15, 0.2) is 30.5 Å². The maximum Gasteiger partial charge on any atom is 0.0969 e. The van der Waals surface area contributed by atoms with Crippen molar-refractivity contribution in [1.82, 2.24) is 20.3 Å². The second-order valence-electron chi connectivity index (χ2n) is 5.23. The lowest BCUT2D eigenvalue weighted by Crippen LogP contribution is -2.35. The van der Waals surface area contributed by atoms with Crippen LogP contribution < -0.4 is 5.32 Å². The van der Waals surface area contributed by atoms with E-state index in [0.717, 1.165) is 11.4 Å². The van der Waals surface area contributed by atoms with Crippen LogP contribution in [-0.2, 0) is 6.54 Å². The quantitative estimate of drug-likeness (QED) is 0.927. The van der Waals surface area contributed by atoms with Crippen LogP contribution in [0.4, 0.5) is 0 Å². The number of hydrogen-bond donors (Lipinski definition) is 1. The lowest BCUT2D eigenvalue weighted by molar-refractivity contribution is 0.421. The molecule has 0 aliphatic carbocycles. The van der Waals surface area contributed by atoms with Crippen molar-refractivity contribution in [2.45, 2.75) is 32.9 Å². The van der Waals surface area contributed by atoms with E-state index in [0.29, 0.717) is 11.6 Å². The molecule has 96 valence electrons. The van der Waals surface area contributed by atoms with Gasteiger partial charge in [0.2, 0.25) is 0 Å². The first-order valence-electron chi connectivity index (χ1n) is 5.86. The number of nitrogens with zero attached hydrogens (tertiary/aromatic N) is 3. The van der Waals surface area contributed by atoms with Gasteiger partial charge in [-0.15, -0.1) is 5.10 Å². The average Bonchev–Trinajstić information content (AvgIpc) is 2.75. The van der Waals surface area contributed by atoms with E-state index in [1.165, 1.54) is 0 Å². The summed E-state index contributed by atoms with van der Waals surface area (Å²) >= 11 is 5.85. The lowest BCUT2D eigenvalue weighted by Gasteiger charge is -2.19. The zero-order chi connectivity index (χ0) is 13.2. The predicted molar refractivity (Wildman–Crippen MR) is 73.0 cm³/mol. The Morgan fingerprint density at radius 2 is 1.89 bits per heavy atom. The molecule has 2 aromatic rings. The van der Waals surface area contributed by atoms with Crippen LogP contribution in [0, 0.1) is 0 Å². The Morgan fingerprint density at radius 3 is 2.50 bits per heavy atom. The Balaban J connectivity index is 2.08. The molecule has 0 saturated carbocycles. The fourth-order valence-electron chi connectivity index (χ4n) is 1.46. The third-order valence-electron chi connectivity index (χ3n) is 2.43. The highest BCUT2D eigenvalue weighted by Gasteiger charge is 2.10. The minimum Gasteiger partial charge on any atom is -0.306 e. The van der Waals surface area contributed by atoms with Crippen LogP contribution >= 0.6 is 11.6 Å². The molecule has 18 heavy (non-hydrogen) atoms. The molecule has 5 heteroatoms. The van der Waals surface area contributed by atoms with Crippen molar-refractivity contribution in [3.8, 4) is 5.69 Å². The van der Waals surface area contributed by atoms with Gasteiger partial charge in [-0.2, -0.15) is 0 Å². The molecule has 0 saturated heterocycles. The van der Waals surface area contributed by atoms with E-state index >= 15 is 0 Å². The third kappa shape index (κ3) is 3.55. The summed E-state index contributed by atoms with van der Waals surface area (Å²) in [5.74, 6) is 0. The van der Waals surface area contributed by atoms with Crippen molar-refractivity contribution in [3.63, 3.8) is 0 Å². The minimum absolute atomic E-state index is 0.0735. The number of aromatic nitrogens is 3. The Morgan fingerprint density at radius 1 is 1.22 bits per heavy atom. The topological polar surface area (TPSA) is 42.7 Å². The zero-order valence-electron chi connectivity index (χ0n) is 10.8. The van der Waals surface area contributed by atoms with Crippen LogP contribution in [0.25, 0.3) is 5.69 Å². The van der Waals surface area contributed by atoms with E-state index in [1.54, 1.807) is 4.68 Å². The summed E-state index contributed by atoms with van der Waals surface area (Å²) in [4.78, 5) is 0. The first kappa shape index (κ1) is 13.1. The molecule has 1 aromatic carbocycles. The Labute approximate surface area is 112 Å². The highest BCUT2D eigenvalue weighted by atomic mass is 35.5. The fraction of sp³-hybridized carbons (Fsp3) is 0.385. The van der Waals surface area contributed by atoms with Gasteiger partial charge in [0.25, 0.3) is 0 Å². The Bertz CT molecular complexity index is 511. The van der Waals surface area contributed by atoms with E-state index in [2.05, 4.69) is 36.4 Å². The predicted octanol–water partition coefficient (Wildman–Crippen LogP) is 2.81. The Kier molecular flexibility index (Phi) is 3.68. The van der Waals surface area contributed by atoms with Crippen molar-refractivity contribution < 1.29 is 0 Å². The van der Waals surface area contributed by atoms with E-state index in [4.69, 9.17) is 11.6 Å². The van der Waals surface area contributed by atoms with E-state index in [-0.39, 0.29) is 5.54 Å². The first-order valence-corrected chi connectivity index (χ1v) is 6.24. The number of nitrogens with one attached hydrogen (secondary N) is 1. The van der Waals surface area contributed by atoms with Crippen molar-refractivity contribution >= 4 is 11.6 Å². The molecule has 1 N–H and O–H groups in total. The van der Waals surface area contributed by atoms with Crippen molar-refractivity contribution in [2.75, 3.05) is 0 Å². The van der Waals surface area contributed by atoms with Crippen LogP contribution in [0.1, 0.15) is 26.5 Å². The van der Waals surface area contributed by atoms with Crippen LogP contribution in [-0.4, -0.2) is 20.5 Å². The normalized spacial score (nSPS) is 11.8. The monoisotopic (exact) mass is 264 g/mol. The highest BCUT2D eigenvalue weighted by molar-refractivity contribution is 6.30. The molecule has 0 bridgehead atoms. The van der Waals surface area contributed by atoms with E-state index in [1.807, 2.05) is 30.5 Å². The number of halogens is 1. The summed E-state index contributed by atoms with van der Waals surface area (Å²) in [5.41, 5.74) is 1.94. The number of rotatable bonds is 3. The second-order valence-corrected chi connectivity index (χ2v) is 5.67. The van der Waals surface area contributed by atoms with Gasteiger partial charge in [-0.3, -0.25) is 0 Å². The summed E-state index contributed by atoms with van der Waals surface area (Å²) < 4.78 is 1.75. The molecular formula is C13H17ClN4. The molecule has 0 unspecified atom stereocenters. The summed E-state index contributed by atoms with van der Waals surface area (Å²) in [6.07, 6.45) is 1.92. The summed E-state index contributed by atoms with van der Waals surface area (Å²) in [7, 11) is 0. The van der Waals surface area contributed by atoms with Gasteiger partial charge >= 0.3 is 0 Å². The van der Waals surface area contributed by atoms with Gasteiger partial charge in [-0.05, 0) is 45.0 Å². The molecular weight excluding hydrogens is 248 g/mol. The summed E-state index contributed by atoms with van der Waals surface area (Å²) in [5, 5.41) is 12.3. The average molecular weight is 265 g/mol. The molecule has 0 aliphatic rings. The lowest BCUT2D eigenvalue weighted by atomic mass is 10.1.